The third-order valence-electron chi connectivity index (χ3n) is 3.63. The van der Waals surface area contributed by atoms with E-state index < -0.39 is 6.36 Å². The Bertz CT molecular complexity index is 920. The number of anilines is 1. The molecule has 0 aliphatic heterocycles. The lowest BCUT2D eigenvalue weighted by Gasteiger charge is -2.20. The average Bonchev–Trinajstić information content (AvgIpc) is 2.55. The third-order valence-corrected chi connectivity index (χ3v) is 4.26. The average molecular weight is 423 g/mol. The second kappa shape index (κ2) is 7.72. The van der Waals surface area contributed by atoms with Crippen molar-refractivity contribution in [1.82, 2.24) is 0 Å². The van der Waals surface area contributed by atoms with Crippen LogP contribution in [0.4, 0.5) is 18.9 Å². The van der Waals surface area contributed by atoms with Crippen molar-refractivity contribution >= 4 is 21.6 Å². The Kier molecular flexibility index (Phi) is 5.84. The molecule has 0 aromatic heterocycles. The quantitative estimate of drug-likeness (QED) is 0.476. The van der Waals surface area contributed by atoms with E-state index in [2.05, 4.69) is 38.7 Å². The van der Waals surface area contributed by atoms with Crippen LogP contribution in [-0.2, 0) is 0 Å². The molecule has 0 bridgehead atoms. The van der Waals surface area contributed by atoms with Gasteiger partial charge in [-0.2, -0.15) is 5.26 Å². The van der Waals surface area contributed by atoms with Gasteiger partial charge in [0.15, 0.2) is 0 Å². The number of nitriles is 1. The largest absolute Gasteiger partial charge is 0.573 e. The molecule has 0 atom stereocenters. The first-order chi connectivity index (χ1) is 12.2. The van der Waals surface area contributed by atoms with Crippen molar-refractivity contribution in [2.75, 3.05) is 11.9 Å². The van der Waals surface area contributed by atoms with Crippen LogP contribution in [0.3, 0.4) is 0 Å². The molecule has 2 aromatic rings. The number of hydrogen-bond acceptors (Lipinski definition) is 3. The van der Waals surface area contributed by atoms with Gasteiger partial charge < -0.3 is 9.64 Å². The van der Waals surface area contributed by atoms with Gasteiger partial charge in [0.2, 0.25) is 0 Å². The Morgan fingerprint density at radius 1 is 1.19 bits per heavy atom. The van der Waals surface area contributed by atoms with Crippen molar-refractivity contribution in [3.63, 3.8) is 0 Å². The van der Waals surface area contributed by atoms with Crippen LogP contribution in [-0.4, -0.2) is 13.4 Å². The summed E-state index contributed by atoms with van der Waals surface area (Å²) in [6, 6.07) is 12.4. The molecule has 134 valence electrons. The first kappa shape index (κ1) is 19.7. The zero-order chi connectivity index (χ0) is 19.5. The van der Waals surface area contributed by atoms with Crippen molar-refractivity contribution in [3.05, 3.63) is 45.9 Å². The van der Waals surface area contributed by atoms with E-state index in [4.69, 9.17) is 0 Å². The lowest BCUT2D eigenvalue weighted by molar-refractivity contribution is -0.274. The fraction of sp³-hybridized carbons (Fsp3) is 0.211. The van der Waals surface area contributed by atoms with E-state index in [9.17, 15) is 18.4 Å². The van der Waals surface area contributed by atoms with Gasteiger partial charge in [-0.05, 0) is 64.7 Å². The molecule has 0 N–H and O–H groups in total. The predicted molar refractivity (Wildman–Crippen MR) is 97.6 cm³/mol. The molecular weight excluding hydrogens is 409 g/mol. The summed E-state index contributed by atoms with van der Waals surface area (Å²) in [5, 5.41) is 9.47. The topological polar surface area (TPSA) is 36.3 Å². The van der Waals surface area contributed by atoms with Crippen LogP contribution < -0.4 is 9.64 Å². The minimum atomic E-state index is -4.73. The van der Waals surface area contributed by atoms with Crippen molar-refractivity contribution in [2.24, 2.45) is 0 Å². The maximum absolute atomic E-state index is 12.3. The molecule has 3 nitrogen and oxygen atoms in total. The van der Waals surface area contributed by atoms with Crippen LogP contribution in [0.15, 0.2) is 34.8 Å². The van der Waals surface area contributed by atoms with Gasteiger partial charge in [-0.1, -0.05) is 18.1 Å². The fourth-order valence-corrected chi connectivity index (χ4v) is 3.13. The number of hydrogen-bond donors (Lipinski definition) is 0. The standard InChI is InChI=1S/C19H14BrF3N2O/c1-4-9-25(3)18-12(2)15(10-17(20)16(18)11-24)13-5-7-14(8-6-13)26-19(21,22)23/h5-8,10H,1-3H3. The summed E-state index contributed by atoms with van der Waals surface area (Å²) in [6.07, 6.45) is -4.73. The van der Waals surface area contributed by atoms with Crippen molar-refractivity contribution < 1.29 is 17.9 Å². The Morgan fingerprint density at radius 2 is 1.81 bits per heavy atom. The lowest BCUT2D eigenvalue weighted by atomic mass is 9.96. The molecule has 0 saturated carbocycles. The minimum absolute atomic E-state index is 0.291. The van der Waals surface area contributed by atoms with Gasteiger partial charge >= 0.3 is 6.36 Å². The van der Waals surface area contributed by atoms with E-state index in [0.717, 1.165) is 11.1 Å². The summed E-state index contributed by atoms with van der Waals surface area (Å²) in [6.45, 7) is 3.53. The molecule has 26 heavy (non-hydrogen) atoms. The van der Waals surface area contributed by atoms with E-state index in [1.807, 2.05) is 6.92 Å². The number of benzene rings is 2. The number of alkyl halides is 3. The number of ether oxygens (including phenoxy) is 1. The Morgan fingerprint density at radius 3 is 2.31 bits per heavy atom. The molecule has 0 heterocycles. The van der Waals surface area contributed by atoms with Gasteiger partial charge in [0.25, 0.3) is 0 Å². The number of rotatable bonds is 3. The molecule has 0 unspecified atom stereocenters. The van der Waals surface area contributed by atoms with Crippen LogP contribution >= 0.6 is 15.9 Å². The van der Waals surface area contributed by atoms with Gasteiger partial charge in [0, 0.05) is 17.6 Å². The monoisotopic (exact) mass is 422 g/mol. The molecule has 0 aliphatic carbocycles. The predicted octanol–water partition coefficient (Wildman–Crippen LogP) is 5.61. The molecule has 0 aliphatic rings. The number of halogens is 4. The molecule has 2 aromatic carbocycles. The van der Waals surface area contributed by atoms with E-state index in [1.54, 1.807) is 24.9 Å². The van der Waals surface area contributed by atoms with E-state index in [1.165, 1.54) is 24.3 Å². The first-order valence-electron chi connectivity index (χ1n) is 7.43. The molecule has 0 radical (unpaired) electrons. The van der Waals surface area contributed by atoms with Gasteiger partial charge in [0.05, 0.1) is 11.3 Å². The first-order valence-corrected chi connectivity index (χ1v) is 8.22. The fourth-order valence-electron chi connectivity index (χ4n) is 2.62. The molecular formula is C19H14BrF3N2O. The second-order valence-electron chi connectivity index (χ2n) is 5.36. The highest BCUT2D eigenvalue weighted by atomic mass is 79.9. The maximum atomic E-state index is 12.3. The van der Waals surface area contributed by atoms with Crippen LogP contribution in [0.1, 0.15) is 18.1 Å². The maximum Gasteiger partial charge on any atom is 0.573 e. The lowest BCUT2D eigenvalue weighted by Crippen LogP contribution is -2.17. The van der Waals surface area contributed by atoms with Gasteiger partial charge in [0.1, 0.15) is 11.8 Å². The Labute approximate surface area is 158 Å². The highest BCUT2D eigenvalue weighted by Gasteiger charge is 2.31. The molecule has 0 fully saturated rings. The van der Waals surface area contributed by atoms with E-state index in [-0.39, 0.29) is 5.75 Å². The zero-order valence-corrected chi connectivity index (χ0v) is 15.8. The van der Waals surface area contributed by atoms with Crippen molar-refractivity contribution in [1.29, 1.82) is 5.26 Å². The van der Waals surface area contributed by atoms with Crippen molar-refractivity contribution in [2.45, 2.75) is 20.2 Å². The second-order valence-corrected chi connectivity index (χ2v) is 6.21. The summed E-state index contributed by atoms with van der Waals surface area (Å²) >= 11 is 3.39. The highest BCUT2D eigenvalue weighted by molar-refractivity contribution is 9.10. The van der Waals surface area contributed by atoms with E-state index in [0.29, 0.717) is 21.3 Å². The van der Waals surface area contributed by atoms with E-state index >= 15 is 0 Å². The molecule has 2 rings (SSSR count). The van der Waals surface area contributed by atoms with Crippen LogP contribution in [0.5, 0.6) is 5.75 Å². The third kappa shape index (κ3) is 4.30. The number of nitrogens with zero attached hydrogens (tertiary/aromatic N) is 2. The van der Waals surface area contributed by atoms with Crippen LogP contribution in [0.2, 0.25) is 0 Å². The van der Waals surface area contributed by atoms with Gasteiger partial charge in [-0.15, -0.1) is 13.2 Å². The highest BCUT2D eigenvalue weighted by Crippen LogP contribution is 2.38. The van der Waals surface area contributed by atoms with Crippen LogP contribution in [0.25, 0.3) is 11.1 Å². The van der Waals surface area contributed by atoms with Gasteiger partial charge in [-0.25, -0.2) is 0 Å². The van der Waals surface area contributed by atoms with Crippen molar-refractivity contribution in [3.8, 4) is 34.9 Å². The Balaban J connectivity index is 2.57. The molecule has 7 heteroatoms. The molecule has 0 amide bonds. The smallest absolute Gasteiger partial charge is 0.406 e. The molecule has 0 spiro atoms. The summed E-state index contributed by atoms with van der Waals surface area (Å²) in [7, 11) is 1.75. The SMILES string of the molecule is CC#CN(C)c1c(C)c(-c2ccc(OC(F)(F)F)cc2)cc(Br)c1C#N. The molecule has 0 saturated heterocycles. The Hall–Kier alpha value is -2.64. The summed E-state index contributed by atoms with van der Waals surface area (Å²) in [4.78, 5) is 1.66. The summed E-state index contributed by atoms with van der Waals surface area (Å²) in [5.41, 5.74) is 3.34. The summed E-state index contributed by atoms with van der Waals surface area (Å²) < 4.78 is 41.4. The van der Waals surface area contributed by atoms with Gasteiger partial charge in [-0.3, -0.25) is 0 Å². The summed E-state index contributed by atoms with van der Waals surface area (Å²) in [5.74, 6) is 2.49. The normalized spacial score (nSPS) is 10.5. The van der Waals surface area contributed by atoms with Crippen LogP contribution in [0, 0.1) is 30.2 Å². The minimum Gasteiger partial charge on any atom is -0.406 e. The zero-order valence-electron chi connectivity index (χ0n) is 14.2.